The first-order chi connectivity index (χ1) is 12.7. The number of rotatable bonds is 6. The van der Waals surface area contributed by atoms with Crippen molar-refractivity contribution in [1.82, 2.24) is 5.43 Å². The molecule has 1 saturated heterocycles. The summed E-state index contributed by atoms with van der Waals surface area (Å²) >= 11 is 1.68. The van der Waals surface area contributed by atoms with Gasteiger partial charge in [0.05, 0.1) is 25.4 Å². The predicted molar refractivity (Wildman–Crippen MR) is 105 cm³/mol. The van der Waals surface area contributed by atoms with Crippen LogP contribution in [0.2, 0.25) is 0 Å². The highest BCUT2D eigenvalue weighted by Crippen LogP contribution is 2.27. The van der Waals surface area contributed by atoms with Crippen LogP contribution >= 0.6 is 11.3 Å². The molecule has 0 radical (unpaired) electrons. The van der Waals surface area contributed by atoms with Gasteiger partial charge < -0.3 is 14.4 Å². The Morgan fingerprint density at radius 2 is 1.81 bits per heavy atom. The van der Waals surface area contributed by atoms with Crippen LogP contribution in [0.15, 0.2) is 35.4 Å². The highest BCUT2D eigenvalue weighted by molar-refractivity contribution is 7.17. The summed E-state index contributed by atoms with van der Waals surface area (Å²) in [5.74, 6) is 0.803. The lowest BCUT2D eigenvalue weighted by molar-refractivity contribution is 0.0954. The van der Waals surface area contributed by atoms with Crippen LogP contribution in [-0.4, -0.2) is 39.4 Å². The van der Waals surface area contributed by atoms with Crippen molar-refractivity contribution in [1.29, 1.82) is 0 Å². The molecule has 3 rings (SSSR count). The van der Waals surface area contributed by atoms with Crippen LogP contribution < -0.4 is 19.8 Å². The Morgan fingerprint density at radius 3 is 2.46 bits per heavy atom. The van der Waals surface area contributed by atoms with E-state index in [0.717, 1.165) is 18.0 Å². The van der Waals surface area contributed by atoms with E-state index in [1.54, 1.807) is 50.0 Å². The van der Waals surface area contributed by atoms with Crippen molar-refractivity contribution in [2.45, 2.75) is 19.3 Å². The summed E-state index contributed by atoms with van der Waals surface area (Å²) in [6.07, 6.45) is 5.49. The topological polar surface area (TPSA) is 63.2 Å². The second-order valence-electron chi connectivity index (χ2n) is 6.02. The molecule has 7 heteroatoms. The van der Waals surface area contributed by atoms with Crippen molar-refractivity contribution in [2.24, 2.45) is 5.10 Å². The fourth-order valence-corrected chi connectivity index (χ4v) is 3.78. The first-order valence-electron chi connectivity index (χ1n) is 8.61. The van der Waals surface area contributed by atoms with Crippen LogP contribution in [0.1, 0.15) is 34.5 Å². The van der Waals surface area contributed by atoms with E-state index >= 15 is 0 Å². The number of benzene rings is 1. The van der Waals surface area contributed by atoms with E-state index < -0.39 is 0 Å². The van der Waals surface area contributed by atoms with E-state index in [9.17, 15) is 4.79 Å². The normalized spacial score (nSPS) is 14.5. The van der Waals surface area contributed by atoms with Crippen molar-refractivity contribution in [3.05, 3.63) is 40.8 Å². The number of carbonyl (C=O) groups excluding carboxylic acids is 1. The van der Waals surface area contributed by atoms with Gasteiger partial charge in [-0.3, -0.25) is 4.79 Å². The molecule has 1 aromatic carbocycles. The zero-order chi connectivity index (χ0) is 18.4. The molecular weight excluding hydrogens is 350 g/mol. The average Bonchev–Trinajstić information content (AvgIpc) is 3.17. The van der Waals surface area contributed by atoms with Gasteiger partial charge in [0.15, 0.2) is 0 Å². The molecule has 1 aliphatic rings. The molecule has 2 heterocycles. The number of hydrogen-bond acceptors (Lipinski definition) is 6. The zero-order valence-corrected chi connectivity index (χ0v) is 15.8. The number of nitrogens with zero attached hydrogens (tertiary/aromatic N) is 2. The summed E-state index contributed by atoms with van der Waals surface area (Å²) in [6.45, 7) is 2.23. The predicted octanol–water partition coefficient (Wildman–Crippen LogP) is 3.52. The minimum absolute atomic E-state index is 0.314. The minimum Gasteiger partial charge on any atom is -0.497 e. The minimum atomic E-state index is -0.314. The van der Waals surface area contributed by atoms with Gasteiger partial charge in [-0.05, 0) is 43.5 Å². The molecule has 1 amide bonds. The molecule has 0 atom stereocenters. The number of hydrazone groups is 1. The van der Waals surface area contributed by atoms with E-state index in [2.05, 4.69) is 21.5 Å². The van der Waals surface area contributed by atoms with Gasteiger partial charge in [0.2, 0.25) is 0 Å². The molecular formula is C19H23N3O3S. The van der Waals surface area contributed by atoms with Gasteiger partial charge in [0.25, 0.3) is 5.91 Å². The third-order valence-corrected chi connectivity index (χ3v) is 5.33. The molecule has 1 aromatic heterocycles. The Bertz CT molecular complexity index is 760. The van der Waals surface area contributed by atoms with Crippen LogP contribution in [0.5, 0.6) is 11.5 Å². The molecule has 138 valence electrons. The van der Waals surface area contributed by atoms with E-state index in [1.807, 2.05) is 6.07 Å². The first-order valence-corrected chi connectivity index (χ1v) is 9.42. The molecule has 0 aliphatic carbocycles. The molecule has 0 unspecified atom stereocenters. The summed E-state index contributed by atoms with van der Waals surface area (Å²) in [7, 11) is 3.09. The summed E-state index contributed by atoms with van der Waals surface area (Å²) < 4.78 is 10.4. The van der Waals surface area contributed by atoms with Crippen LogP contribution in [0.25, 0.3) is 0 Å². The van der Waals surface area contributed by atoms with Gasteiger partial charge >= 0.3 is 0 Å². The number of ether oxygens (including phenoxy) is 2. The molecule has 1 fully saturated rings. The largest absolute Gasteiger partial charge is 0.497 e. The Hall–Kier alpha value is -2.54. The van der Waals surface area contributed by atoms with E-state index in [0.29, 0.717) is 17.1 Å². The average molecular weight is 373 g/mol. The summed E-state index contributed by atoms with van der Waals surface area (Å²) in [4.78, 5) is 15.7. The highest BCUT2D eigenvalue weighted by Gasteiger charge is 2.12. The number of hydrogen-bond donors (Lipinski definition) is 1. The standard InChI is InChI=1S/C19H23N3O3S/c1-24-15-10-14(11-16(12-15)25-2)19(23)21-20-13-17-6-7-18(26-17)22-8-4-3-5-9-22/h6-7,10-13H,3-5,8-9H2,1-2H3,(H,21,23)/b20-13-. The fourth-order valence-electron chi connectivity index (χ4n) is 2.85. The maximum atomic E-state index is 12.3. The maximum absolute atomic E-state index is 12.3. The van der Waals surface area contributed by atoms with Crippen molar-refractivity contribution < 1.29 is 14.3 Å². The zero-order valence-electron chi connectivity index (χ0n) is 15.0. The smallest absolute Gasteiger partial charge is 0.271 e. The van der Waals surface area contributed by atoms with Crippen LogP contribution in [0.4, 0.5) is 5.00 Å². The monoisotopic (exact) mass is 373 g/mol. The second kappa shape index (κ2) is 8.71. The van der Waals surface area contributed by atoms with Gasteiger partial charge in [-0.1, -0.05) is 0 Å². The molecule has 0 spiro atoms. The number of anilines is 1. The van der Waals surface area contributed by atoms with Gasteiger partial charge in [0, 0.05) is 29.6 Å². The van der Waals surface area contributed by atoms with E-state index in [4.69, 9.17) is 9.47 Å². The second-order valence-corrected chi connectivity index (χ2v) is 7.12. The van der Waals surface area contributed by atoms with Crippen LogP contribution in [0, 0.1) is 0 Å². The van der Waals surface area contributed by atoms with Crippen molar-refractivity contribution in [3.63, 3.8) is 0 Å². The van der Waals surface area contributed by atoms with Crippen LogP contribution in [0.3, 0.4) is 0 Å². The van der Waals surface area contributed by atoms with Gasteiger partial charge in [0.1, 0.15) is 11.5 Å². The molecule has 0 bridgehead atoms. The molecule has 26 heavy (non-hydrogen) atoms. The first kappa shape index (κ1) is 18.3. The number of methoxy groups -OCH3 is 2. The van der Waals surface area contributed by atoms with Gasteiger partial charge in [-0.25, -0.2) is 5.43 Å². The lowest BCUT2D eigenvalue weighted by atomic mass is 10.1. The SMILES string of the molecule is COc1cc(OC)cc(C(=O)N/N=C\c2ccc(N3CCCCC3)s2)c1. The summed E-state index contributed by atoms with van der Waals surface area (Å²) in [6, 6.07) is 9.15. The third kappa shape index (κ3) is 4.54. The summed E-state index contributed by atoms with van der Waals surface area (Å²) in [5.41, 5.74) is 2.98. The molecule has 0 saturated carbocycles. The van der Waals surface area contributed by atoms with E-state index in [1.165, 1.54) is 24.3 Å². The van der Waals surface area contributed by atoms with Gasteiger partial charge in [-0.15, -0.1) is 11.3 Å². The van der Waals surface area contributed by atoms with Crippen molar-refractivity contribution in [3.8, 4) is 11.5 Å². The Kier molecular flexibility index (Phi) is 6.12. The number of piperidine rings is 1. The molecule has 1 N–H and O–H groups in total. The Morgan fingerprint density at radius 1 is 1.12 bits per heavy atom. The third-order valence-electron chi connectivity index (χ3n) is 4.25. The number of thiophene rings is 1. The Balaban J connectivity index is 1.61. The number of carbonyl (C=O) groups is 1. The van der Waals surface area contributed by atoms with Crippen LogP contribution in [-0.2, 0) is 0 Å². The molecule has 2 aromatic rings. The molecule has 1 aliphatic heterocycles. The lowest BCUT2D eigenvalue weighted by Crippen LogP contribution is -2.28. The van der Waals surface area contributed by atoms with Crippen molar-refractivity contribution in [2.75, 3.05) is 32.2 Å². The van der Waals surface area contributed by atoms with E-state index in [-0.39, 0.29) is 5.91 Å². The number of nitrogens with one attached hydrogen (secondary N) is 1. The maximum Gasteiger partial charge on any atom is 0.271 e. The molecule has 6 nitrogen and oxygen atoms in total. The number of amides is 1. The quantitative estimate of drug-likeness (QED) is 0.622. The fraction of sp³-hybridized carbons (Fsp3) is 0.368. The summed E-state index contributed by atoms with van der Waals surface area (Å²) in [5, 5.41) is 5.33. The highest BCUT2D eigenvalue weighted by atomic mass is 32.1. The van der Waals surface area contributed by atoms with Gasteiger partial charge in [-0.2, -0.15) is 5.10 Å². The van der Waals surface area contributed by atoms with Crippen molar-refractivity contribution >= 4 is 28.5 Å². The Labute approximate surface area is 157 Å². The lowest BCUT2D eigenvalue weighted by Gasteiger charge is -2.27.